The van der Waals surface area contributed by atoms with Crippen molar-refractivity contribution in [2.45, 2.75) is 38.5 Å². The highest BCUT2D eigenvalue weighted by Crippen LogP contribution is 2.27. The first-order chi connectivity index (χ1) is 11.1. The number of carbonyl (C=O) groups excluding carboxylic acids is 1. The Labute approximate surface area is 151 Å². The van der Waals surface area contributed by atoms with E-state index >= 15 is 0 Å². The van der Waals surface area contributed by atoms with Crippen LogP contribution in [0.1, 0.15) is 48.0 Å². The molecule has 2 aromatic rings. The average Bonchev–Trinajstić information content (AvgIpc) is 2.98. The molecule has 1 fully saturated rings. The van der Waals surface area contributed by atoms with E-state index < -0.39 is 5.97 Å². The maximum Gasteiger partial charge on any atom is 0.335 e. The monoisotopic (exact) mass is 367 g/mol. The topological polar surface area (TPSA) is 66.4 Å². The van der Waals surface area contributed by atoms with Crippen LogP contribution in [0.5, 0.6) is 0 Å². The van der Waals surface area contributed by atoms with E-state index in [0.717, 1.165) is 47.8 Å². The van der Waals surface area contributed by atoms with Crippen LogP contribution in [0.4, 0.5) is 0 Å². The van der Waals surface area contributed by atoms with Crippen molar-refractivity contribution in [3.63, 3.8) is 0 Å². The summed E-state index contributed by atoms with van der Waals surface area (Å²) in [6.45, 7) is 0.610. The van der Waals surface area contributed by atoms with E-state index in [1.165, 1.54) is 6.42 Å². The number of hydrogen-bond donors (Lipinski definition) is 2. The molecule has 0 aliphatic heterocycles. The fourth-order valence-corrected chi connectivity index (χ4v) is 4.22. The quantitative estimate of drug-likeness (QED) is 0.829. The minimum absolute atomic E-state index is 0. The number of aromatic carboxylic acids is 1. The van der Waals surface area contributed by atoms with Crippen molar-refractivity contribution in [1.82, 2.24) is 5.32 Å². The number of halogens is 1. The number of carbonyl (C=O) groups is 2. The standard InChI is InChI=1S/C18H21NO3S.ClH/c20-17(12-4-2-1-3-5-12)19-9-8-14-11-23-16-7-6-13(18(21)22)10-15(14)16;/h6-7,10-12H,1-5,8-9H2,(H,19,20)(H,21,22);1H. The molecule has 6 heteroatoms. The Hall–Kier alpha value is -1.59. The third kappa shape index (κ3) is 4.28. The van der Waals surface area contributed by atoms with Crippen LogP contribution in [0.2, 0.25) is 0 Å². The molecule has 1 aromatic heterocycles. The predicted molar refractivity (Wildman–Crippen MR) is 99.3 cm³/mol. The Balaban J connectivity index is 0.00000208. The molecular weight excluding hydrogens is 346 g/mol. The molecule has 1 saturated carbocycles. The first kappa shape index (κ1) is 18.7. The molecule has 0 saturated heterocycles. The number of thiophene rings is 1. The SMILES string of the molecule is Cl.O=C(O)c1ccc2scc(CCNC(=O)C3CCCCC3)c2c1. The van der Waals surface area contributed by atoms with Crippen molar-refractivity contribution in [2.75, 3.05) is 6.54 Å². The van der Waals surface area contributed by atoms with Gasteiger partial charge in [0.15, 0.2) is 0 Å². The number of rotatable bonds is 5. The van der Waals surface area contributed by atoms with Gasteiger partial charge in [0.1, 0.15) is 0 Å². The van der Waals surface area contributed by atoms with E-state index in [2.05, 4.69) is 10.7 Å². The number of hydrogen-bond acceptors (Lipinski definition) is 3. The lowest BCUT2D eigenvalue weighted by Crippen LogP contribution is -2.33. The number of benzene rings is 1. The summed E-state index contributed by atoms with van der Waals surface area (Å²) in [7, 11) is 0. The molecule has 1 heterocycles. The average molecular weight is 368 g/mol. The maximum absolute atomic E-state index is 12.1. The van der Waals surface area contributed by atoms with Gasteiger partial charge in [0.05, 0.1) is 5.56 Å². The molecule has 0 radical (unpaired) electrons. The molecule has 4 nitrogen and oxygen atoms in total. The molecular formula is C18H22ClNO3S. The Morgan fingerprint density at radius 2 is 1.96 bits per heavy atom. The highest BCUT2D eigenvalue weighted by molar-refractivity contribution is 7.17. The Bertz CT molecular complexity index is 722. The van der Waals surface area contributed by atoms with Crippen molar-refractivity contribution < 1.29 is 14.7 Å². The second-order valence-electron chi connectivity index (χ2n) is 6.15. The predicted octanol–water partition coefficient (Wildman–Crippen LogP) is 4.26. The highest BCUT2D eigenvalue weighted by Gasteiger charge is 2.20. The fourth-order valence-electron chi connectivity index (χ4n) is 3.24. The Kier molecular flexibility index (Phi) is 6.63. The zero-order chi connectivity index (χ0) is 16.2. The van der Waals surface area contributed by atoms with Crippen molar-refractivity contribution >= 4 is 45.7 Å². The summed E-state index contributed by atoms with van der Waals surface area (Å²) in [5, 5.41) is 15.2. The first-order valence-electron chi connectivity index (χ1n) is 8.16. The zero-order valence-electron chi connectivity index (χ0n) is 13.4. The van der Waals surface area contributed by atoms with Crippen LogP contribution in [0.3, 0.4) is 0 Å². The van der Waals surface area contributed by atoms with Crippen LogP contribution in [0, 0.1) is 5.92 Å². The van der Waals surface area contributed by atoms with Crippen molar-refractivity contribution in [1.29, 1.82) is 0 Å². The Morgan fingerprint density at radius 3 is 2.67 bits per heavy atom. The second kappa shape index (κ2) is 8.49. The van der Waals surface area contributed by atoms with E-state index in [1.807, 2.05) is 6.07 Å². The van der Waals surface area contributed by atoms with E-state index in [9.17, 15) is 9.59 Å². The van der Waals surface area contributed by atoms with Gasteiger partial charge in [-0.2, -0.15) is 0 Å². The second-order valence-corrected chi connectivity index (χ2v) is 7.06. The van der Waals surface area contributed by atoms with Crippen molar-refractivity contribution in [2.24, 2.45) is 5.92 Å². The lowest BCUT2D eigenvalue weighted by molar-refractivity contribution is -0.125. The van der Waals surface area contributed by atoms with Crippen LogP contribution >= 0.6 is 23.7 Å². The van der Waals surface area contributed by atoms with Gasteiger partial charge in [-0.1, -0.05) is 19.3 Å². The summed E-state index contributed by atoms with van der Waals surface area (Å²) >= 11 is 1.62. The molecule has 1 aliphatic rings. The van der Waals surface area contributed by atoms with Crippen LogP contribution in [0.25, 0.3) is 10.1 Å². The van der Waals surface area contributed by atoms with Gasteiger partial charge < -0.3 is 10.4 Å². The molecule has 3 rings (SSSR count). The van der Waals surface area contributed by atoms with Crippen molar-refractivity contribution in [3.05, 3.63) is 34.7 Å². The molecule has 1 aliphatic carbocycles. The summed E-state index contributed by atoms with van der Waals surface area (Å²) < 4.78 is 1.09. The van der Waals surface area contributed by atoms with Gasteiger partial charge in [-0.05, 0) is 53.8 Å². The first-order valence-corrected chi connectivity index (χ1v) is 9.04. The van der Waals surface area contributed by atoms with E-state index in [0.29, 0.717) is 12.1 Å². The third-order valence-electron chi connectivity index (χ3n) is 4.57. The van der Waals surface area contributed by atoms with E-state index in [4.69, 9.17) is 5.11 Å². The van der Waals surface area contributed by atoms with Crippen LogP contribution < -0.4 is 5.32 Å². The van der Waals surface area contributed by atoms with Gasteiger partial charge in [0, 0.05) is 17.2 Å². The van der Waals surface area contributed by atoms with Crippen LogP contribution in [-0.2, 0) is 11.2 Å². The smallest absolute Gasteiger partial charge is 0.335 e. The van der Waals surface area contributed by atoms with Gasteiger partial charge in [-0.25, -0.2) is 4.79 Å². The van der Waals surface area contributed by atoms with Gasteiger partial charge in [0.2, 0.25) is 5.91 Å². The molecule has 0 unspecified atom stereocenters. The summed E-state index contributed by atoms with van der Waals surface area (Å²) in [5.41, 5.74) is 1.42. The largest absolute Gasteiger partial charge is 0.478 e. The molecule has 24 heavy (non-hydrogen) atoms. The van der Waals surface area contributed by atoms with Crippen LogP contribution in [-0.4, -0.2) is 23.5 Å². The summed E-state index contributed by atoms with van der Waals surface area (Å²) in [6.07, 6.45) is 6.32. The fraction of sp³-hybridized carbons (Fsp3) is 0.444. The molecule has 1 aromatic carbocycles. The van der Waals surface area contributed by atoms with Gasteiger partial charge in [0.25, 0.3) is 0 Å². The van der Waals surface area contributed by atoms with Gasteiger partial charge in [-0.3, -0.25) is 4.79 Å². The minimum atomic E-state index is -0.908. The number of nitrogens with one attached hydrogen (secondary N) is 1. The molecule has 130 valence electrons. The zero-order valence-corrected chi connectivity index (χ0v) is 15.0. The normalized spacial score (nSPS) is 15.0. The summed E-state index contributed by atoms with van der Waals surface area (Å²) in [4.78, 5) is 23.2. The highest BCUT2D eigenvalue weighted by atomic mass is 35.5. The lowest BCUT2D eigenvalue weighted by atomic mass is 9.88. The minimum Gasteiger partial charge on any atom is -0.478 e. The number of fused-ring (bicyclic) bond motifs is 1. The van der Waals surface area contributed by atoms with E-state index in [-0.39, 0.29) is 24.2 Å². The molecule has 0 bridgehead atoms. The number of amides is 1. The van der Waals surface area contributed by atoms with Crippen molar-refractivity contribution in [3.8, 4) is 0 Å². The summed E-state index contributed by atoms with van der Waals surface area (Å²) in [6, 6.07) is 5.22. The molecule has 2 N–H and O–H groups in total. The van der Waals surface area contributed by atoms with E-state index in [1.54, 1.807) is 23.5 Å². The Morgan fingerprint density at radius 1 is 1.21 bits per heavy atom. The lowest BCUT2D eigenvalue weighted by Gasteiger charge is -2.20. The van der Waals surface area contributed by atoms with Gasteiger partial charge >= 0.3 is 5.97 Å². The molecule has 1 amide bonds. The maximum atomic E-state index is 12.1. The summed E-state index contributed by atoms with van der Waals surface area (Å²) in [5.74, 6) is -0.549. The number of carboxylic acid groups (broad SMARTS) is 1. The third-order valence-corrected chi connectivity index (χ3v) is 5.58. The number of carboxylic acids is 1. The molecule has 0 atom stereocenters. The van der Waals surface area contributed by atoms with Gasteiger partial charge in [-0.15, -0.1) is 23.7 Å². The van der Waals surface area contributed by atoms with Crippen LogP contribution in [0.15, 0.2) is 23.6 Å². The molecule has 0 spiro atoms.